The van der Waals surface area contributed by atoms with Crippen molar-refractivity contribution in [1.82, 2.24) is 10.0 Å². The molecule has 3 atom stereocenters. The molecule has 182 valence electrons. The maximum atomic E-state index is 12.1. The molecule has 7 nitrogen and oxygen atoms in total. The SMILES string of the molecule is CCOC(=O)c1csc([C@@H]2C[C@H]([C@H](O)CO[Si](C)(C)C(C)(C)C)ON2Cc2ccccc2)n1. The van der Waals surface area contributed by atoms with Gasteiger partial charge in [0, 0.05) is 18.3 Å². The molecule has 2 aromatic rings. The average Bonchev–Trinajstić information content (AvgIpc) is 3.39. The first kappa shape index (κ1) is 26.0. The van der Waals surface area contributed by atoms with E-state index in [0.29, 0.717) is 25.3 Å². The molecule has 1 aromatic heterocycles. The molecule has 0 radical (unpaired) electrons. The zero-order valence-corrected chi connectivity index (χ0v) is 22.2. The molecule has 0 aliphatic carbocycles. The van der Waals surface area contributed by atoms with Crippen molar-refractivity contribution in [3.8, 4) is 0 Å². The third kappa shape index (κ3) is 6.49. The molecule has 1 fully saturated rings. The fourth-order valence-electron chi connectivity index (χ4n) is 3.35. The topological polar surface area (TPSA) is 81.1 Å². The van der Waals surface area contributed by atoms with E-state index < -0.39 is 26.5 Å². The first-order chi connectivity index (χ1) is 15.5. The number of carbonyl (C=O) groups is 1. The summed E-state index contributed by atoms with van der Waals surface area (Å²) in [7, 11) is -1.99. The molecule has 9 heteroatoms. The van der Waals surface area contributed by atoms with Crippen molar-refractivity contribution in [2.24, 2.45) is 0 Å². The predicted octanol–water partition coefficient (Wildman–Crippen LogP) is 4.95. The summed E-state index contributed by atoms with van der Waals surface area (Å²) in [4.78, 5) is 22.9. The Bertz CT molecular complexity index is 915. The van der Waals surface area contributed by atoms with E-state index in [2.05, 4.69) is 38.8 Å². The van der Waals surface area contributed by atoms with Gasteiger partial charge in [0.05, 0.1) is 19.3 Å². The Labute approximate surface area is 201 Å². The lowest BCUT2D eigenvalue weighted by atomic mass is 10.1. The standard InChI is InChI=1S/C24H36N2O5SSi/c1-7-29-23(28)18-16-32-22(25-18)19-13-21(20(27)15-30-33(5,6)24(2,3)4)31-26(19)14-17-11-9-8-10-12-17/h8-12,16,19-21,27H,7,13-15H2,1-6H3/t19-,20+,21+/m0/s1. The molecule has 0 unspecified atom stereocenters. The Morgan fingerprint density at radius 2 is 2.03 bits per heavy atom. The van der Waals surface area contributed by atoms with Gasteiger partial charge in [-0.25, -0.2) is 9.78 Å². The molecule has 3 rings (SSSR count). The van der Waals surface area contributed by atoms with Crippen LogP contribution >= 0.6 is 11.3 Å². The van der Waals surface area contributed by atoms with Crippen LogP contribution < -0.4 is 0 Å². The lowest BCUT2D eigenvalue weighted by Gasteiger charge is -2.37. The van der Waals surface area contributed by atoms with Crippen molar-refractivity contribution >= 4 is 25.6 Å². The van der Waals surface area contributed by atoms with Crippen molar-refractivity contribution in [3.63, 3.8) is 0 Å². The van der Waals surface area contributed by atoms with Crippen LogP contribution in [0, 0.1) is 0 Å². The molecule has 0 spiro atoms. The van der Waals surface area contributed by atoms with Crippen molar-refractivity contribution < 1.29 is 23.9 Å². The number of thiazole rings is 1. The number of carbonyl (C=O) groups excluding carboxylic acids is 1. The van der Waals surface area contributed by atoms with Gasteiger partial charge in [-0.3, -0.25) is 4.84 Å². The first-order valence-electron chi connectivity index (χ1n) is 11.4. The number of rotatable bonds is 9. The summed E-state index contributed by atoms with van der Waals surface area (Å²) in [6, 6.07) is 9.85. The van der Waals surface area contributed by atoms with E-state index in [1.165, 1.54) is 11.3 Å². The number of aromatic nitrogens is 1. The van der Waals surface area contributed by atoms with E-state index >= 15 is 0 Å². The van der Waals surface area contributed by atoms with Crippen LogP contribution in [-0.2, 0) is 20.5 Å². The van der Waals surface area contributed by atoms with Gasteiger partial charge < -0.3 is 14.3 Å². The average molecular weight is 493 g/mol. The van der Waals surface area contributed by atoms with E-state index in [1.54, 1.807) is 12.3 Å². The Morgan fingerprint density at radius 1 is 1.33 bits per heavy atom. The Balaban J connectivity index is 1.75. The summed E-state index contributed by atoms with van der Waals surface area (Å²) in [6.07, 6.45) is -0.615. The molecular formula is C24H36N2O5SSi. The predicted molar refractivity (Wildman–Crippen MR) is 131 cm³/mol. The van der Waals surface area contributed by atoms with Crippen LogP contribution in [-0.4, -0.2) is 54.9 Å². The van der Waals surface area contributed by atoms with Gasteiger partial charge in [-0.1, -0.05) is 51.1 Å². The third-order valence-corrected chi connectivity index (χ3v) is 11.8. The molecule has 1 aromatic carbocycles. The number of hydrogen-bond acceptors (Lipinski definition) is 8. The second-order valence-electron chi connectivity index (χ2n) is 9.89. The van der Waals surface area contributed by atoms with E-state index in [1.807, 2.05) is 35.4 Å². The van der Waals surface area contributed by atoms with E-state index in [-0.39, 0.29) is 17.7 Å². The van der Waals surface area contributed by atoms with E-state index in [4.69, 9.17) is 14.0 Å². The number of benzene rings is 1. The Hall–Kier alpha value is -1.62. The van der Waals surface area contributed by atoms with Crippen molar-refractivity contribution in [3.05, 3.63) is 52.0 Å². The monoisotopic (exact) mass is 492 g/mol. The molecule has 1 N–H and O–H groups in total. The Morgan fingerprint density at radius 3 is 2.67 bits per heavy atom. The first-order valence-corrected chi connectivity index (χ1v) is 15.2. The fraction of sp³-hybridized carbons (Fsp3) is 0.583. The van der Waals surface area contributed by atoms with Gasteiger partial charge >= 0.3 is 5.97 Å². The molecule has 1 aliphatic rings. The van der Waals surface area contributed by atoms with Crippen LogP contribution in [0.15, 0.2) is 35.7 Å². The number of aliphatic hydroxyl groups is 1. The molecule has 0 saturated carbocycles. The molecule has 33 heavy (non-hydrogen) atoms. The molecule has 0 amide bonds. The molecule has 2 heterocycles. The van der Waals surface area contributed by atoms with Crippen molar-refractivity contribution in [1.29, 1.82) is 0 Å². The highest BCUT2D eigenvalue weighted by Gasteiger charge is 2.42. The van der Waals surface area contributed by atoms with Gasteiger partial charge in [0.15, 0.2) is 14.0 Å². The quantitative estimate of drug-likeness (QED) is 0.392. The smallest absolute Gasteiger partial charge is 0.357 e. The minimum absolute atomic E-state index is 0.0650. The van der Waals surface area contributed by atoms with Crippen molar-refractivity contribution in [2.75, 3.05) is 13.2 Å². The molecule has 1 aliphatic heterocycles. The van der Waals surface area contributed by atoms with Gasteiger partial charge in [-0.15, -0.1) is 11.3 Å². The number of esters is 1. The summed E-state index contributed by atoms with van der Waals surface area (Å²) in [6.45, 7) is 13.7. The van der Waals surface area contributed by atoms with Gasteiger partial charge in [0.1, 0.15) is 17.2 Å². The molecule has 1 saturated heterocycles. The van der Waals surface area contributed by atoms with Gasteiger partial charge in [0.2, 0.25) is 0 Å². The highest BCUT2D eigenvalue weighted by atomic mass is 32.1. The maximum absolute atomic E-state index is 12.1. The van der Waals surface area contributed by atoms with Gasteiger partial charge in [-0.2, -0.15) is 5.06 Å². The highest BCUT2D eigenvalue weighted by molar-refractivity contribution is 7.09. The van der Waals surface area contributed by atoms with E-state index in [0.717, 1.165) is 10.6 Å². The van der Waals surface area contributed by atoms with Crippen LogP contribution in [0.5, 0.6) is 0 Å². The zero-order chi connectivity index (χ0) is 24.2. The minimum Gasteiger partial charge on any atom is -0.461 e. The summed E-state index contributed by atoms with van der Waals surface area (Å²) >= 11 is 1.41. The summed E-state index contributed by atoms with van der Waals surface area (Å²) in [5.41, 5.74) is 1.40. The third-order valence-electron chi connectivity index (χ3n) is 6.40. The fourth-order valence-corrected chi connectivity index (χ4v) is 5.27. The summed E-state index contributed by atoms with van der Waals surface area (Å²) in [5, 5.41) is 15.4. The second-order valence-corrected chi connectivity index (χ2v) is 15.6. The van der Waals surface area contributed by atoms with Gasteiger partial charge in [-0.05, 0) is 30.6 Å². The largest absolute Gasteiger partial charge is 0.461 e. The van der Waals surface area contributed by atoms with Crippen LogP contribution in [0.25, 0.3) is 0 Å². The van der Waals surface area contributed by atoms with Crippen molar-refractivity contribution in [2.45, 2.75) is 77.0 Å². The van der Waals surface area contributed by atoms with Crippen LogP contribution in [0.1, 0.15) is 61.2 Å². The summed E-state index contributed by atoms with van der Waals surface area (Å²) in [5.74, 6) is -0.423. The number of aliphatic hydroxyl groups excluding tert-OH is 1. The van der Waals surface area contributed by atoms with Crippen LogP contribution in [0.4, 0.5) is 0 Å². The van der Waals surface area contributed by atoms with Crippen LogP contribution in [0.2, 0.25) is 18.1 Å². The molecule has 0 bridgehead atoms. The second kappa shape index (κ2) is 10.8. The molecular weight excluding hydrogens is 456 g/mol. The lowest BCUT2D eigenvalue weighted by Crippen LogP contribution is -2.44. The Kier molecular flexibility index (Phi) is 8.47. The maximum Gasteiger partial charge on any atom is 0.357 e. The lowest BCUT2D eigenvalue weighted by molar-refractivity contribution is -0.195. The number of ether oxygens (including phenoxy) is 1. The van der Waals surface area contributed by atoms with E-state index in [9.17, 15) is 9.90 Å². The van der Waals surface area contributed by atoms with Gasteiger partial charge in [0.25, 0.3) is 0 Å². The number of hydrogen-bond donors (Lipinski definition) is 1. The normalized spacial score (nSPS) is 20.7. The van der Waals surface area contributed by atoms with Crippen LogP contribution in [0.3, 0.4) is 0 Å². The minimum atomic E-state index is -1.99. The number of hydroxylamine groups is 2. The summed E-state index contributed by atoms with van der Waals surface area (Å²) < 4.78 is 11.3. The zero-order valence-electron chi connectivity index (χ0n) is 20.4. The highest BCUT2D eigenvalue weighted by Crippen LogP contribution is 2.39. The number of nitrogens with zero attached hydrogens (tertiary/aromatic N) is 2.